The zero-order valence-corrected chi connectivity index (χ0v) is 21.9. The molecule has 0 saturated carbocycles. The summed E-state index contributed by atoms with van der Waals surface area (Å²) in [5, 5.41) is 11.0. The van der Waals surface area contributed by atoms with E-state index in [9.17, 15) is 5.11 Å². The van der Waals surface area contributed by atoms with Crippen LogP contribution in [0.5, 0.6) is 5.75 Å². The molecule has 0 amide bonds. The molecule has 2 aromatic carbocycles. The van der Waals surface area contributed by atoms with Gasteiger partial charge in [-0.15, -0.1) is 0 Å². The third kappa shape index (κ3) is 5.03. The minimum atomic E-state index is -0.128. The van der Waals surface area contributed by atoms with Crippen molar-refractivity contribution in [2.24, 2.45) is 0 Å². The Kier molecular flexibility index (Phi) is 6.60. The van der Waals surface area contributed by atoms with Gasteiger partial charge in [-0.2, -0.15) is 0 Å². The molecule has 3 rings (SSSR count). The largest absolute Gasteiger partial charge is 0.507 e. The van der Waals surface area contributed by atoms with Crippen LogP contribution in [0.1, 0.15) is 69.4 Å². The molecule has 0 aliphatic carbocycles. The van der Waals surface area contributed by atoms with Crippen molar-refractivity contribution in [2.45, 2.75) is 65.3 Å². The molecule has 1 N–H and O–H groups in total. The molecule has 0 fully saturated rings. The van der Waals surface area contributed by atoms with E-state index in [-0.39, 0.29) is 10.8 Å². The zero-order valence-electron chi connectivity index (χ0n) is 18.7. The standard InChI is InChI=1S/C26H31Br2NO/c1-25(2,3)20-13-18(14-21(23(20)30)26(4,5)6)12-19-16-29(24(28)22(19)27)15-17-10-8-7-9-11-17/h7-11,13-14,16,30H,12,15H2,1-6H3. The molecule has 0 bridgehead atoms. The van der Waals surface area contributed by atoms with Gasteiger partial charge in [0.15, 0.2) is 0 Å². The second kappa shape index (κ2) is 8.55. The molecule has 160 valence electrons. The molecule has 0 saturated heterocycles. The summed E-state index contributed by atoms with van der Waals surface area (Å²) >= 11 is 7.54. The molecule has 0 unspecified atom stereocenters. The maximum Gasteiger partial charge on any atom is 0.123 e. The molecular formula is C26H31Br2NO. The Morgan fingerprint density at radius 2 is 1.37 bits per heavy atom. The first-order valence-electron chi connectivity index (χ1n) is 10.3. The van der Waals surface area contributed by atoms with E-state index in [1.165, 1.54) is 16.7 Å². The molecule has 0 aliphatic rings. The van der Waals surface area contributed by atoms with Crippen LogP contribution < -0.4 is 0 Å². The molecule has 30 heavy (non-hydrogen) atoms. The molecule has 0 atom stereocenters. The maximum absolute atomic E-state index is 11.0. The van der Waals surface area contributed by atoms with Crippen molar-refractivity contribution in [1.29, 1.82) is 0 Å². The number of nitrogens with zero attached hydrogens (tertiary/aromatic N) is 1. The predicted molar refractivity (Wildman–Crippen MR) is 134 cm³/mol. The lowest BCUT2D eigenvalue weighted by molar-refractivity contribution is 0.423. The number of phenolic OH excluding ortho intramolecular Hbond substituents is 1. The fraction of sp³-hybridized carbons (Fsp3) is 0.385. The fourth-order valence-corrected chi connectivity index (χ4v) is 4.69. The Hall–Kier alpha value is -1.52. The average Bonchev–Trinajstić information content (AvgIpc) is 2.90. The normalized spacial score (nSPS) is 12.4. The molecule has 0 aliphatic heterocycles. The van der Waals surface area contributed by atoms with Crippen LogP contribution in [0.3, 0.4) is 0 Å². The van der Waals surface area contributed by atoms with Crippen molar-refractivity contribution in [3.05, 3.63) is 85.6 Å². The molecule has 0 radical (unpaired) electrons. The lowest BCUT2D eigenvalue weighted by Gasteiger charge is -2.28. The molecule has 2 nitrogen and oxygen atoms in total. The molecule has 3 aromatic rings. The van der Waals surface area contributed by atoms with Crippen LogP contribution in [0.15, 0.2) is 57.7 Å². The summed E-state index contributed by atoms with van der Waals surface area (Å²) < 4.78 is 4.36. The average molecular weight is 533 g/mol. The quantitative estimate of drug-likeness (QED) is 0.362. The van der Waals surface area contributed by atoms with Gasteiger partial charge in [0.05, 0.1) is 9.08 Å². The Morgan fingerprint density at radius 3 is 1.87 bits per heavy atom. The van der Waals surface area contributed by atoms with Crippen molar-refractivity contribution in [3.63, 3.8) is 0 Å². The number of hydrogen-bond acceptors (Lipinski definition) is 1. The molecule has 4 heteroatoms. The smallest absolute Gasteiger partial charge is 0.123 e. The van der Waals surface area contributed by atoms with E-state index in [0.29, 0.717) is 5.75 Å². The predicted octanol–water partition coefficient (Wildman–Crippen LogP) is 7.95. The molecule has 0 spiro atoms. The van der Waals surface area contributed by atoms with Crippen LogP contribution in [0, 0.1) is 0 Å². The number of rotatable bonds is 4. The van der Waals surface area contributed by atoms with Crippen molar-refractivity contribution >= 4 is 31.9 Å². The van der Waals surface area contributed by atoms with Crippen LogP contribution >= 0.6 is 31.9 Å². The van der Waals surface area contributed by atoms with Gasteiger partial charge in [-0.1, -0.05) is 84.0 Å². The zero-order chi connectivity index (χ0) is 22.3. The van der Waals surface area contributed by atoms with E-state index in [1.807, 2.05) is 6.07 Å². The van der Waals surface area contributed by atoms with Crippen LogP contribution in [0.25, 0.3) is 0 Å². The lowest BCUT2D eigenvalue weighted by Crippen LogP contribution is -2.18. The number of benzene rings is 2. The van der Waals surface area contributed by atoms with Gasteiger partial charge in [-0.3, -0.25) is 0 Å². The summed E-state index contributed by atoms with van der Waals surface area (Å²) in [4.78, 5) is 0. The number of phenols is 1. The first-order valence-corrected chi connectivity index (χ1v) is 11.9. The van der Waals surface area contributed by atoms with Crippen molar-refractivity contribution in [2.75, 3.05) is 0 Å². The van der Waals surface area contributed by atoms with Gasteiger partial charge in [0, 0.05) is 19.2 Å². The van der Waals surface area contributed by atoms with E-state index in [0.717, 1.165) is 33.2 Å². The van der Waals surface area contributed by atoms with Gasteiger partial charge < -0.3 is 9.67 Å². The first kappa shape index (κ1) is 23.1. The summed E-state index contributed by atoms with van der Waals surface area (Å²) in [5.74, 6) is 0.431. The monoisotopic (exact) mass is 531 g/mol. The van der Waals surface area contributed by atoms with E-state index < -0.39 is 0 Å². The maximum atomic E-state index is 11.0. The second-order valence-corrected chi connectivity index (χ2v) is 11.6. The van der Waals surface area contributed by atoms with E-state index in [1.54, 1.807) is 0 Å². The summed E-state index contributed by atoms with van der Waals surface area (Å²) in [5.41, 5.74) is 5.46. The Labute approximate surface area is 197 Å². The number of aromatic nitrogens is 1. The topological polar surface area (TPSA) is 25.2 Å². The van der Waals surface area contributed by atoms with Crippen molar-refractivity contribution < 1.29 is 5.11 Å². The van der Waals surface area contributed by atoms with E-state index in [4.69, 9.17) is 0 Å². The summed E-state index contributed by atoms with van der Waals surface area (Å²) in [6.45, 7) is 13.7. The van der Waals surface area contributed by atoms with Gasteiger partial charge >= 0.3 is 0 Å². The third-order valence-electron chi connectivity index (χ3n) is 5.40. The van der Waals surface area contributed by atoms with Crippen LogP contribution in [0.2, 0.25) is 0 Å². The highest BCUT2D eigenvalue weighted by Gasteiger charge is 2.27. The highest BCUT2D eigenvalue weighted by molar-refractivity contribution is 9.13. The van der Waals surface area contributed by atoms with Gasteiger partial charge in [0.1, 0.15) is 5.75 Å². The first-order chi connectivity index (χ1) is 13.9. The highest BCUT2D eigenvalue weighted by Crippen LogP contribution is 2.41. The minimum Gasteiger partial charge on any atom is -0.507 e. The van der Waals surface area contributed by atoms with Gasteiger partial charge in [0.2, 0.25) is 0 Å². The highest BCUT2D eigenvalue weighted by atomic mass is 79.9. The molecule has 1 aromatic heterocycles. The molecular weight excluding hydrogens is 502 g/mol. The summed E-state index contributed by atoms with van der Waals surface area (Å²) in [7, 11) is 0. The Morgan fingerprint density at radius 1 is 0.833 bits per heavy atom. The van der Waals surface area contributed by atoms with Gasteiger partial charge in [-0.25, -0.2) is 0 Å². The number of aromatic hydroxyl groups is 1. The number of halogens is 2. The minimum absolute atomic E-state index is 0.128. The Bertz CT molecular complexity index is 1000. The molecule has 1 heterocycles. The fourth-order valence-electron chi connectivity index (χ4n) is 3.74. The lowest BCUT2D eigenvalue weighted by atomic mass is 9.78. The van der Waals surface area contributed by atoms with Gasteiger partial charge in [-0.05, 0) is 70.5 Å². The van der Waals surface area contributed by atoms with Crippen LogP contribution in [-0.4, -0.2) is 9.67 Å². The van der Waals surface area contributed by atoms with Crippen molar-refractivity contribution in [3.8, 4) is 5.75 Å². The summed E-state index contributed by atoms with van der Waals surface area (Å²) in [6, 6.07) is 14.8. The SMILES string of the molecule is CC(C)(C)c1cc(Cc2cn(Cc3ccccc3)c(Br)c2Br)cc(C(C)(C)C)c1O. The second-order valence-electron chi connectivity index (χ2n) is 10.1. The van der Waals surface area contributed by atoms with Crippen LogP contribution in [0.4, 0.5) is 0 Å². The van der Waals surface area contributed by atoms with Crippen LogP contribution in [-0.2, 0) is 23.8 Å². The van der Waals surface area contributed by atoms with E-state index >= 15 is 0 Å². The third-order valence-corrected chi connectivity index (χ3v) is 7.67. The van der Waals surface area contributed by atoms with Gasteiger partial charge in [0.25, 0.3) is 0 Å². The summed E-state index contributed by atoms with van der Waals surface area (Å²) in [6.07, 6.45) is 3.01. The number of hydrogen-bond donors (Lipinski definition) is 1. The Balaban J connectivity index is 2.01. The van der Waals surface area contributed by atoms with Crippen molar-refractivity contribution in [1.82, 2.24) is 4.57 Å². The van der Waals surface area contributed by atoms with E-state index in [2.05, 4.69) is 121 Å².